The quantitative estimate of drug-likeness (QED) is 0.237. The van der Waals surface area contributed by atoms with Crippen LogP contribution in [0, 0.1) is 0 Å². The number of nitrogens with one attached hydrogen (secondary N) is 3. The third-order valence-electron chi connectivity index (χ3n) is 5.90. The first kappa shape index (κ1) is 28.2. The standard InChI is InChI=1S/C28H26ClN3O5S2/c1-30-28(38)32-39(34,35)26-16-18(13-14-31-27(33)23-17-21(29)10-12-25(23)36-2)5-11-22(26)19-6-8-20(9-7-19)24-4-3-15-37-24/h3-12,15-17H,13-14H2,1-2H3,(H,31,33)(H2,30,32,38). The summed E-state index contributed by atoms with van der Waals surface area (Å²) >= 11 is 11.1. The number of amides is 1. The Bertz CT molecular complexity index is 1590. The lowest BCUT2D eigenvalue weighted by Crippen LogP contribution is -2.37. The number of halogens is 1. The van der Waals surface area contributed by atoms with E-state index in [1.807, 2.05) is 36.4 Å². The van der Waals surface area contributed by atoms with Crippen LogP contribution in [-0.2, 0) is 16.4 Å². The molecule has 4 aromatic rings. The van der Waals surface area contributed by atoms with Crippen molar-refractivity contribution in [2.24, 2.45) is 0 Å². The molecule has 0 saturated carbocycles. The maximum atomic E-state index is 13.3. The van der Waals surface area contributed by atoms with Gasteiger partial charge >= 0.3 is 0 Å². The molecular formula is C28H26ClN3O5S2. The Hall–Kier alpha value is -3.86. The number of benzene rings is 3. The van der Waals surface area contributed by atoms with E-state index in [0.29, 0.717) is 45.2 Å². The maximum absolute atomic E-state index is 13.3. The second kappa shape index (κ2) is 12.3. The fraction of sp³-hybridized carbons (Fsp3) is 0.143. The molecule has 11 heteroatoms. The van der Waals surface area contributed by atoms with E-state index in [4.69, 9.17) is 33.0 Å². The minimum atomic E-state index is -4.02. The predicted octanol–water partition coefficient (Wildman–Crippen LogP) is 5.03. The highest BCUT2D eigenvalue weighted by Gasteiger charge is 2.22. The van der Waals surface area contributed by atoms with Crippen molar-refractivity contribution in [3.8, 4) is 28.2 Å². The first-order valence-electron chi connectivity index (χ1n) is 11.9. The van der Waals surface area contributed by atoms with Crippen molar-refractivity contribution in [1.29, 1.82) is 0 Å². The molecule has 0 spiro atoms. The minimum Gasteiger partial charge on any atom is -0.496 e. The zero-order chi connectivity index (χ0) is 28.0. The third kappa shape index (κ3) is 6.78. The molecule has 39 heavy (non-hydrogen) atoms. The Morgan fingerprint density at radius 2 is 1.77 bits per heavy atom. The number of methoxy groups -OCH3 is 1. The number of sulfonamides is 1. The average Bonchev–Trinajstić information content (AvgIpc) is 3.48. The van der Waals surface area contributed by atoms with Crippen LogP contribution in [0.1, 0.15) is 15.9 Å². The predicted molar refractivity (Wildman–Crippen MR) is 156 cm³/mol. The van der Waals surface area contributed by atoms with Crippen LogP contribution >= 0.6 is 23.8 Å². The molecule has 0 aliphatic heterocycles. The molecule has 0 atom stereocenters. The second-order valence-corrected chi connectivity index (χ2v) is 10.9. The fourth-order valence-corrected chi connectivity index (χ4v) is 5.68. The van der Waals surface area contributed by atoms with E-state index < -0.39 is 10.0 Å². The van der Waals surface area contributed by atoms with Gasteiger partial charge in [0, 0.05) is 29.7 Å². The molecule has 0 fully saturated rings. The van der Waals surface area contributed by atoms with Crippen LogP contribution in [0.2, 0.25) is 5.02 Å². The van der Waals surface area contributed by atoms with Gasteiger partial charge in [0.1, 0.15) is 11.5 Å². The summed E-state index contributed by atoms with van der Waals surface area (Å²) in [5, 5.41) is 5.85. The molecule has 1 heterocycles. The zero-order valence-corrected chi connectivity index (χ0v) is 23.5. The highest BCUT2D eigenvalue weighted by molar-refractivity contribution is 7.92. The summed E-state index contributed by atoms with van der Waals surface area (Å²) < 4.78 is 39.7. The van der Waals surface area contributed by atoms with Crippen LogP contribution in [0.5, 0.6) is 5.75 Å². The lowest BCUT2D eigenvalue weighted by atomic mass is 10.0. The molecular weight excluding hydrogens is 558 g/mol. The monoisotopic (exact) mass is 583 g/mol. The Labute approximate surface area is 237 Å². The number of ether oxygens (including phenoxy) is 1. The van der Waals surface area contributed by atoms with Crippen LogP contribution in [-0.4, -0.2) is 40.1 Å². The van der Waals surface area contributed by atoms with E-state index in [2.05, 4.69) is 15.4 Å². The first-order valence-corrected chi connectivity index (χ1v) is 14.1. The van der Waals surface area contributed by atoms with E-state index in [9.17, 15) is 13.2 Å². The largest absolute Gasteiger partial charge is 0.496 e. The molecule has 0 saturated heterocycles. The Morgan fingerprint density at radius 3 is 2.44 bits per heavy atom. The number of carbonyl (C=O) groups excluding carboxylic acids is 1. The van der Waals surface area contributed by atoms with Gasteiger partial charge in [-0.3, -0.25) is 9.52 Å². The summed E-state index contributed by atoms with van der Waals surface area (Å²) in [5.41, 5.74) is 3.09. The number of thiocarbonyl (C=S) groups is 1. The molecule has 3 aromatic carbocycles. The summed E-state index contributed by atoms with van der Waals surface area (Å²) in [6, 6.07) is 21.0. The fourth-order valence-electron chi connectivity index (χ4n) is 3.94. The van der Waals surface area contributed by atoms with Gasteiger partial charge in [0.05, 0.1) is 23.8 Å². The van der Waals surface area contributed by atoms with Crippen molar-refractivity contribution in [2.75, 3.05) is 20.7 Å². The molecule has 1 aromatic heterocycles. The SMILES string of the molecule is CNC(=S)NS(=O)(=O)c1cc(CCNC(=O)c2cc(Cl)ccc2OC)ccc1-c1ccc(-c2ccco2)cc1. The Kier molecular flexibility index (Phi) is 8.90. The molecule has 8 nitrogen and oxygen atoms in total. The molecule has 0 bridgehead atoms. The highest BCUT2D eigenvalue weighted by atomic mass is 35.5. The number of rotatable bonds is 9. The van der Waals surface area contributed by atoms with Crippen LogP contribution in [0.25, 0.3) is 22.5 Å². The van der Waals surface area contributed by atoms with E-state index in [1.54, 1.807) is 36.6 Å². The van der Waals surface area contributed by atoms with Crippen LogP contribution < -0.4 is 20.1 Å². The first-order chi connectivity index (χ1) is 18.7. The number of carbonyl (C=O) groups is 1. The number of hydrogen-bond acceptors (Lipinski definition) is 6. The Balaban J connectivity index is 1.59. The molecule has 0 radical (unpaired) electrons. The lowest BCUT2D eigenvalue weighted by molar-refractivity contribution is 0.0951. The van der Waals surface area contributed by atoms with Gasteiger partial charge in [0.2, 0.25) is 0 Å². The van der Waals surface area contributed by atoms with Gasteiger partial charge < -0.3 is 19.8 Å². The van der Waals surface area contributed by atoms with Crippen LogP contribution in [0.4, 0.5) is 0 Å². The lowest BCUT2D eigenvalue weighted by Gasteiger charge is -2.15. The summed E-state index contributed by atoms with van der Waals surface area (Å²) in [7, 11) is -1.01. The van der Waals surface area contributed by atoms with Gasteiger partial charge in [-0.25, -0.2) is 8.42 Å². The summed E-state index contributed by atoms with van der Waals surface area (Å²) in [4.78, 5) is 12.8. The molecule has 0 aliphatic carbocycles. The molecule has 1 amide bonds. The van der Waals surface area contributed by atoms with Gasteiger partial charge in [-0.05, 0) is 66.2 Å². The summed E-state index contributed by atoms with van der Waals surface area (Å²) in [6.07, 6.45) is 1.97. The van der Waals surface area contributed by atoms with Gasteiger partial charge in [-0.15, -0.1) is 0 Å². The molecule has 0 unspecified atom stereocenters. The van der Waals surface area contributed by atoms with Gasteiger partial charge in [0.15, 0.2) is 5.11 Å². The summed E-state index contributed by atoms with van der Waals surface area (Å²) in [6.45, 7) is 0.257. The van der Waals surface area contributed by atoms with E-state index in [-0.39, 0.29) is 22.5 Å². The second-order valence-electron chi connectivity index (χ2n) is 8.42. The topological polar surface area (TPSA) is 110 Å². The number of hydrogen-bond donors (Lipinski definition) is 3. The molecule has 0 aliphatic rings. The third-order valence-corrected chi connectivity index (χ3v) is 7.96. The minimum absolute atomic E-state index is 0.0257. The van der Waals surface area contributed by atoms with Crippen molar-refractivity contribution in [2.45, 2.75) is 11.3 Å². The summed E-state index contributed by atoms with van der Waals surface area (Å²) in [5.74, 6) is 0.763. The van der Waals surface area contributed by atoms with Crippen molar-refractivity contribution in [1.82, 2.24) is 15.4 Å². The van der Waals surface area contributed by atoms with Crippen molar-refractivity contribution in [3.05, 3.63) is 95.2 Å². The Morgan fingerprint density at radius 1 is 1.03 bits per heavy atom. The van der Waals surface area contributed by atoms with Crippen LogP contribution in [0.15, 0.2) is 88.4 Å². The van der Waals surface area contributed by atoms with Crippen molar-refractivity contribution in [3.63, 3.8) is 0 Å². The molecule has 3 N–H and O–H groups in total. The smallest absolute Gasteiger partial charge is 0.264 e. The van der Waals surface area contributed by atoms with Gasteiger partial charge in [-0.1, -0.05) is 48.0 Å². The van der Waals surface area contributed by atoms with E-state index >= 15 is 0 Å². The molecule has 4 rings (SSSR count). The normalized spacial score (nSPS) is 11.1. The molecule has 202 valence electrons. The van der Waals surface area contributed by atoms with Crippen LogP contribution in [0.3, 0.4) is 0 Å². The number of furan rings is 1. The van der Waals surface area contributed by atoms with E-state index in [0.717, 1.165) is 5.56 Å². The van der Waals surface area contributed by atoms with Crippen molar-refractivity contribution >= 4 is 44.9 Å². The van der Waals surface area contributed by atoms with Gasteiger partial charge in [0.25, 0.3) is 15.9 Å². The average molecular weight is 584 g/mol. The van der Waals surface area contributed by atoms with E-state index in [1.165, 1.54) is 20.2 Å². The highest BCUT2D eigenvalue weighted by Crippen LogP contribution is 2.31. The zero-order valence-electron chi connectivity index (χ0n) is 21.2. The van der Waals surface area contributed by atoms with Gasteiger partial charge in [-0.2, -0.15) is 0 Å². The van der Waals surface area contributed by atoms with Crippen molar-refractivity contribution < 1.29 is 22.4 Å². The maximum Gasteiger partial charge on any atom is 0.264 e.